The Morgan fingerprint density at radius 2 is 0.623 bits per heavy atom. The van der Waals surface area contributed by atoms with Crippen LogP contribution >= 0.6 is 0 Å². The molecule has 0 radical (unpaired) electrons. The molecule has 0 atom stereocenters. The zero-order valence-electron chi connectivity index (χ0n) is 42.8. The summed E-state index contributed by atoms with van der Waals surface area (Å²) in [5.41, 5.74) is 21.2. The average Bonchev–Trinajstić information content (AvgIpc) is 4.06. The zero-order valence-corrected chi connectivity index (χ0v) is 42.8. The molecule has 0 amide bonds. The van der Waals surface area contributed by atoms with Gasteiger partial charge in [-0.3, -0.25) is 0 Å². The molecule has 0 aliphatic carbocycles. The Morgan fingerprint density at radius 3 is 0.987 bits per heavy atom. The van der Waals surface area contributed by atoms with Crippen molar-refractivity contribution in [2.24, 2.45) is 0 Å². The first-order valence-electron chi connectivity index (χ1n) is 26.5. The van der Waals surface area contributed by atoms with E-state index in [1.54, 1.807) is 0 Å². The molecular weight excluding hydrogens is 937 g/mol. The van der Waals surface area contributed by atoms with E-state index in [-0.39, 0.29) is 0 Å². The van der Waals surface area contributed by atoms with Crippen LogP contribution in [0.15, 0.2) is 267 Å². The second-order valence-electron chi connectivity index (χ2n) is 19.7. The molecule has 0 saturated carbocycles. The van der Waals surface area contributed by atoms with E-state index in [9.17, 15) is 0 Å². The lowest BCUT2D eigenvalue weighted by molar-refractivity contribution is 1.13. The Morgan fingerprint density at radius 1 is 0.312 bits per heavy atom. The summed E-state index contributed by atoms with van der Waals surface area (Å²) in [6, 6.07) is 95.7. The highest BCUT2D eigenvalue weighted by atomic mass is 15.1. The first kappa shape index (κ1) is 45.6. The first-order chi connectivity index (χ1) is 38.1. The van der Waals surface area contributed by atoms with Crippen molar-refractivity contribution in [1.29, 1.82) is 0 Å². The Hall–Kier alpha value is -10.0. The van der Waals surface area contributed by atoms with E-state index in [0.29, 0.717) is 0 Å². The minimum absolute atomic E-state index is 0.843. The highest BCUT2D eigenvalue weighted by Crippen LogP contribution is 2.42. The number of benzene rings is 11. The van der Waals surface area contributed by atoms with Crippen LogP contribution in [0.4, 0.5) is 34.1 Å². The molecule has 3 aromatic heterocycles. The van der Waals surface area contributed by atoms with Crippen molar-refractivity contribution >= 4 is 88.8 Å². The van der Waals surface area contributed by atoms with E-state index in [4.69, 9.17) is 9.97 Å². The molecule has 6 nitrogen and oxygen atoms in total. The molecule has 0 fully saturated rings. The van der Waals surface area contributed by atoms with Gasteiger partial charge in [0.1, 0.15) is 0 Å². The summed E-state index contributed by atoms with van der Waals surface area (Å²) >= 11 is 0. The van der Waals surface area contributed by atoms with Gasteiger partial charge in [0, 0.05) is 78.2 Å². The van der Waals surface area contributed by atoms with Crippen molar-refractivity contribution in [2.45, 2.75) is 20.3 Å². The molecule has 0 aliphatic rings. The molecule has 3 heterocycles. The molecule has 0 bridgehead atoms. The Kier molecular flexibility index (Phi) is 11.3. The molecule has 14 aromatic rings. The maximum Gasteiger partial charge on any atom is 0.0973 e. The third-order valence-corrected chi connectivity index (χ3v) is 15.2. The number of aryl methyl sites for hydroxylation is 2. The van der Waals surface area contributed by atoms with Crippen LogP contribution in [0.1, 0.15) is 18.1 Å². The van der Waals surface area contributed by atoms with E-state index >= 15 is 0 Å². The van der Waals surface area contributed by atoms with Crippen molar-refractivity contribution < 1.29 is 0 Å². The quantitative estimate of drug-likeness (QED) is 0.129. The summed E-state index contributed by atoms with van der Waals surface area (Å²) < 4.78 is 4.73. The van der Waals surface area contributed by atoms with Crippen LogP contribution < -0.4 is 9.80 Å². The van der Waals surface area contributed by atoms with Gasteiger partial charge in [-0.05, 0) is 146 Å². The van der Waals surface area contributed by atoms with E-state index in [0.717, 1.165) is 91.0 Å². The molecule has 0 N–H and O–H groups in total. The maximum atomic E-state index is 5.55. The van der Waals surface area contributed by atoms with Gasteiger partial charge in [0.2, 0.25) is 0 Å². The van der Waals surface area contributed by atoms with E-state index in [1.807, 2.05) is 0 Å². The summed E-state index contributed by atoms with van der Waals surface area (Å²) in [7, 11) is 0. The van der Waals surface area contributed by atoms with Gasteiger partial charge < -0.3 is 18.9 Å². The van der Waals surface area contributed by atoms with Crippen molar-refractivity contribution in [1.82, 2.24) is 19.1 Å². The van der Waals surface area contributed by atoms with E-state index in [2.05, 4.69) is 300 Å². The lowest BCUT2D eigenvalue weighted by Gasteiger charge is -2.26. The Balaban J connectivity index is 0.835. The van der Waals surface area contributed by atoms with Crippen LogP contribution in [-0.4, -0.2) is 19.1 Å². The predicted molar refractivity (Wildman–Crippen MR) is 323 cm³/mol. The minimum atomic E-state index is 0.843. The molecular formula is C71H52N6. The van der Waals surface area contributed by atoms with Crippen LogP contribution in [0.2, 0.25) is 0 Å². The van der Waals surface area contributed by atoms with Gasteiger partial charge in [-0.1, -0.05) is 153 Å². The van der Waals surface area contributed by atoms with Crippen molar-refractivity contribution in [3.63, 3.8) is 0 Å². The monoisotopic (exact) mass is 988 g/mol. The van der Waals surface area contributed by atoms with Crippen molar-refractivity contribution in [3.8, 4) is 33.9 Å². The normalized spacial score (nSPS) is 11.6. The topological polar surface area (TPSA) is 42.1 Å². The molecule has 77 heavy (non-hydrogen) atoms. The van der Waals surface area contributed by atoms with Crippen molar-refractivity contribution in [2.75, 3.05) is 9.80 Å². The zero-order chi connectivity index (χ0) is 51.4. The molecule has 0 aliphatic heterocycles. The van der Waals surface area contributed by atoms with E-state index in [1.165, 1.54) is 49.2 Å². The third-order valence-electron chi connectivity index (χ3n) is 15.2. The number of fused-ring (bicyclic) bond motifs is 7. The molecule has 6 heteroatoms. The molecule has 0 spiro atoms. The van der Waals surface area contributed by atoms with Gasteiger partial charge in [-0.25, -0.2) is 9.97 Å². The minimum Gasteiger partial charge on any atom is -0.311 e. The first-order valence-corrected chi connectivity index (χ1v) is 26.5. The number of hydrogen-bond donors (Lipinski definition) is 0. The Labute approximate surface area is 447 Å². The summed E-state index contributed by atoms with van der Waals surface area (Å²) in [5.74, 6) is 0. The van der Waals surface area contributed by atoms with Crippen LogP contribution in [-0.2, 0) is 6.42 Å². The van der Waals surface area contributed by atoms with Gasteiger partial charge >= 0.3 is 0 Å². The van der Waals surface area contributed by atoms with Crippen molar-refractivity contribution in [3.05, 3.63) is 278 Å². The highest BCUT2D eigenvalue weighted by molar-refractivity contribution is 6.10. The lowest BCUT2D eigenvalue weighted by Crippen LogP contribution is -2.10. The number of nitrogens with zero attached hydrogens (tertiary/aromatic N) is 6. The molecule has 11 aromatic carbocycles. The molecule has 0 unspecified atom stereocenters. The van der Waals surface area contributed by atoms with Gasteiger partial charge in [-0.2, -0.15) is 0 Å². The largest absolute Gasteiger partial charge is 0.311 e. The lowest BCUT2D eigenvalue weighted by atomic mass is 10.0. The van der Waals surface area contributed by atoms with Gasteiger partial charge in [0.05, 0.1) is 44.5 Å². The summed E-state index contributed by atoms with van der Waals surface area (Å²) in [5, 5.41) is 5.00. The number of anilines is 6. The molecule has 14 rings (SSSR count). The SMILES string of the molecule is CCc1ccc(C)c2nc(-c3ccc(N(c4ccccc4)c4ccc(-n5c6ccccc6c6ccccc65)cc4)cc3)c(-c3ccc(N(c4ccccc4)c4ccc(-n5c6ccccc6c6ccccc65)cc4)cc3)nc12. The number of rotatable bonds is 11. The fourth-order valence-corrected chi connectivity index (χ4v) is 11.5. The van der Waals surface area contributed by atoms with Gasteiger partial charge in [-0.15, -0.1) is 0 Å². The van der Waals surface area contributed by atoms with Crippen LogP contribution in [0, 0.1) is 6.92 Å². The number of aromatic nitrogens is 4. The average molecular weight is 989 g/mol. The second kappa shape index (κ2) is 19.0. The fraction of sp³-hybridized carbons (Fsp3) is 0.0423. The fourth-order valence-electron chi connectivity index (χ4n) is 11.5. The highest BCUT2D eigenvalue weighted by Gasteiger charge is 2.21. The second-order valence-corrected chi connectivity index (χ2v) is 19.7. The summed E-state index contributed by atoms with van der Waals surface area (Å²) in [6.45, 7) is 4.33. The van der Waals surface area contributed by atoms with E-state index < -0.39 is 0 Å². The Bertz CT molecular complexity index is 4360. The van der Waals surface area contributed by atoms with Crippen LogP contribution in [0.25, 0.3) is 88.5 Å². The van der Waals surface area contributed by atoms with Crippen LogP contribution in [0.5, 0.6) is 0 Å². The molecule has 366 valence electrons. The third kappa shape index (κ3) is 7.89. The number of hydrogen-bond acceptors (Lipinski definition) is 4. The summed E-state index contributed by atoms with van der Waals surface area (Å²) in [6.07, 6.45) is 0.856. The maximum absolute atomic E-state index is 5.55. The van der Waals surface area contributed by atoms with Crippen LogP contribution in [0.3, 0.4) is 0 Å². The summed E-state index contributed by atoms with van der Waals surface area (Å²) in [4.78, 5) is 15.7. The van der Waals surface area contributed by atoms with Gasteiger partial charge in [0.15, 0.2) is 0 Å². The number of para-hydroxylation sites is 6. The predicted octanol–water partition coefficient (Wildman–Crippen LogP) is 19.0. The standard InChI is InChI=1S/C71H52N6/c1-3-49-31-30-48(2)68-69(49)73-71(51-34-38-55(39-35-51)75(53-20-8-5-9-21-53)57-42-46-59(47-43-57)77-66-28-16-12-24-62(66)63-25-13-17-29-67(63)77)70(72-68)50-32-36-54(37-33-50)74(52-18-6-4-7-19-52)56-40-44-58(45-41-56)76-64-26-14-10-22-60(64)61-23-11-15-27-65(61)76/h4-47H,3H2,1-2H3. The molecule has 0 saturated heterocycles. The smallest absolute Gasteiger partial charge is 0.0973 e. The van der Waals surface area contributed by atoms with Gasteiger partial charge in [0.25, 0.3) is 0 Å².